The lowest BCUT2D eigenvalue weighted by atomic mass is 10.2. The third-order valence-corrected chi connectivity index (χ3v) is 2.59. The van der Waals surface area contributed by atoms with Gasteiger partial charge in [0.1, 0.15) is 0 Å². The molecule has 0 radical (unpaired) electrons. The van der Waals surface area contributed by atoms with Crippen LogP contribution < -0.4 is 0 Å². The Bertz CT molecular complexity index is 311. The predicted octanol–water partition coefficient (Wildman–Crippen LogP) is 0.643. The molecule has 0 aliphatic carbocycles. The monoisotopic (exact) mass is 194 g/mol. The molecule has 2 N–H and O–H groups in total. The molecule has 0 aromatic carbocycles. The summed E-state index contributed by atoms with van der Waals surface area (Å²) in [5.74, 6) is -1.34. The maximum Gasteiger partial charge on any atom is 0.332 e. The summed E-state index contributed by atoms with van der Waals surface area (Å²) in [6.45, 7) is 2.59. The minimum Gasteiger partial charge on any atom is -0.478 e. The van der Waals surface area contributed by atoms with Crippen LogP contribution in [0.1, 0.15) is 20.3 Å². The Morgan fingerprint density at radius 3 is 1.92 bits per heavy atom. The van der Waals surface area contributed by atoms with Crippen molar-refractivity contribution >= 4 is 16.1 Å². The van der Waals surface area contributed by atoms with E-state index in [0.29, 0.717) is 0 Å². The van der Waals surface area contributed by atoms with Crippen molar-refractivity contribution in [2.24, 2.45) is 0 Å². The topological polar surface area (TPSA) is 91.7 Å². The van der Waals surface area contributed by atoms with Crippen LogP contribution in [-0.4, -0.2) is 24.0 Å². The number of hydrogen-bond acceptors (Lipinski definition) is 3. The molecule has 0 spiro atoms. The van der Waals surface area contributed by atoms with E-state index >= 15 is 0 Å². The fraction of sp³-hybridized carbons (Fsp3) is 0.500. The molecule has 6 heteroatoms. The van der Waals surface area contributed by atoms with Crippen molar-refractivity contribution in [3.8, 4) is 0 Å². The Balaban J connectivity index is 5.31. The summed E-state index contributed by atoms with van der Waals surface area (Å²) < 4.78 is 29.6. The van der Waals surface area contributed by atoms with Crippen molar-refractivity contribution in [3.63, 3.8) is 0 Å². The van der Waals surface area contributed by atoms with Gasteiger partial charge in [0.2, 0.25) is 0 Å². The average Bonchev–Trinajstić information content (AvgIpc) is 1.85. The maximum atomic E-state index is 10.5. The molecule has 0 amide bonds. The van der Waals surface area contributed by atoms with Gasteiger partial charge in [0.05, 0.1) is 10.5 Å². The lowest BCUT2D eigenvalue weighted by Crippen LogP contribution is -2.09. The van der Waals surface area contributed by atoms with Gasteiger partial charge >= 0.3 is 5.97 Å². The molecule has 0 aromatic rings. The van der Waals surface area contributed by atoms with E-state index in [1.807, 2.05) is 0 Å². The zero-order chi connectivity index (χ0) is 9.94. The summed E-state index contributed by atoms with van der Waals surface area (Å²) >= 11 is 0. The molecule has 0 saturated carbocycles. The maximum absolute atomic E-state index is 10.5. The van der Waals surface area contributed by atoms with E-state index in [1.165, 1.54) is 6.92 Å². The van der Waals surface area contributed by atoms with Gasteiger partial charge in [-0.1, -0.05) is 6.92 Å². The number of carboxylic acid groups (broad SMARTS) is 1. The quantitative estimate of drug-likeness (QED) is 0.508. The number of aliphatic carboxylic acids is 1. The van der Waals surface area contributed by atoms with Crippen molar-refractivity contribution in [1.82, 2.24) is 0 Å². The highest BCUT2D eigenvalue weighted by Crippen LogP contribution is 2.14. The molecule has 0 unspecified atom stereocenters. The molecule has 0 fully saturated rings. The van der Waals surface area contributed by atoms with Crippen LogP contribution in [0.3, 0.4) is 0 Å². The third kappa shape index (κ3) is 2.63. The summed E-state index contributed by atoms with van der Waals surface area (Å²) in [6, 6.07) is 0. The number of rotatable bonds is 3. The molecular formula is C6H10O5S. The summed E-state index contributed by atoms with van der Waals surface area (Å²) in [4.78, 5) is 9.86. The highest BCUT2D eigenvalue weighted by Gasteiger charge is 2.18. The fourth-order valence-corrected chi connectivity index (χ4v) is 1.60. The molecule has 12 heavy (non-hydrogen) atoms. The van der Waals surface area contributed by atoms with E-state index in [9.17, 15) is 13.2 Å². The molecule has 70 valence electrons. The van der Waals surface area contributed by atoms with E-state index in [-0.39, 0.29) is 12.0 Å². The Morgan fingerprint density at radius 1 is 1.42 bits per heavy atom. The number of allylic oxidation sites excluding steroid dienone is 1. The lowest BCUT2D eigenvalue weighted by Gasteiger charge is -2.02. The minimum atomic E-state index is -4.36. The molecule has 0 saturated heterocycles. The standard InChI is InChI=1S/C6H10O5S/c1-3-5(12(9,10)11)4(2)6(7)8/h3H2,1-2H3,(H,7,8)(H,9,10,11)/b5-4+. The van der Waals surface area contributed by atoms with Gasteiger partial charge in [0.15, 0.2) is 0 Å². The van der Waals surface area contributed by atoms with Crippen LogP contribution in [0.4, 0.5) is 0 Å². The first-order valence-electron chi connectivity index (χ1n) is 3.21. The summed E-state index contributed by atoms with van der Waals surface area (Å²) in [7, 11) is -4.36. The Morgan fingerprint density at radius 2 is 1.83 bits per heavy atom. The average molecular weight is 194 g/mol. The smallest absolute Gasteiger partial charge is 0.332 e. The van der Waals surface area contributed by atoms with Crippen molar-refractivity contribution in [3.05, 3.63) is 10.5 Å². The van der Waals surface area contributed by atoms with Crippen molar-refractivity contribution in [2.75, 3.05) is 0 Å². The molecule has 0 bridgehead atoms. The highest BCUT2D eigenvalue weighted by molar-refractivity contribution is 7.89. The van der Waals surface area contributed by atoms with E-state index in [4.69, 9.17) is 9.66 Å². The first-order valence-corrected chi connectivity index (χ1v) is 4.65. The van der Waals surface area contributed by atoms with Gasteiger partial charge in [-0.05, 0) is 13.3 Å². The highest BCUT2D eigenvalue weighted by atomic mass is 32.2. The first-order chi connectivity index (χ1) is 5.30. The van der Waals surface area contributed by atoms with Crippen LogP contribution in [0.25, 0.3) is 0 Å². The molecule has 0 aliphatic rings. The first kappa shape index (κ1) is 11.1. The van der Waals surface area contributed by atoms with Gasteiger partial charge in [-0.3, -0.25) is 4.55 Å². The molecule has 0 atom stereocenters. The van der Waals surface area contributed by atoms with Crippen LogP contribution in [0.5, 0.6) is 0 Å². The second-order valence-corrected chi connectivity index (χ2v) is 3.62. The largest absolute Gasteiger partial charge is 0.478 e. The van der Waals surface area contributed by atoms with Crippen LogP contribution >= 0.6 is 0 Å². The van der Waals surface area contributed by atoms with Crippen LogP contribution in [0, 0.1) is 0 Å². The molecule has 0 heterocycles. The zero-order valence-electron chi connectivity index (χ0n) is 6.73. The van der Waals surface area contributed by atoms with Gasteiger partial charge < -0.3 is 5.11 Å². The van der Waals surface area contributed by atoms with Crippen LogP contribution in [-0.2, 0) is 14.9 Å². The normalized spacial score (nSPS) is 13.9. The Labute approximate surface area is 70.5 Å². The molecule has 0 aromatic heterocycles. The molecular weight excluding hydrogens is 184 g/mol. The second-order valence-electron chi connectivity index (χ2n) is 2.18. The zero-order valence-corrected chi connectivity index (χ0v) is 7.55. The summed E-state index contributed by atoms with van der Waals surface area (Å²) in [5.41, 5.74) is -0.347. The fourth-order valence-electron chi connectivity index (χ4n) is 0.760. The van der Waals surface area contributed by atoms with Gasteiger partial charge in [0.25, 0.3) is 10.1 Å². The number of carboxylic acids is 1. The predicted molar refractivity (Wildman–Crippen MR) is 42.2 cm³/mol. The van der Waals surface area contributed by atoms with Crippen molar-refractivity contribution < 1.29 is 22.9 Å². The minimum absolute atomic E-state index is 0.0308. The molecule has 0 rings (SSSR count). The van der Waals surface area contributed by atoms with Gasteiger partial charge in [0, 0.05) is 0 Å². The van der Waals surface area contributed by atoms with E-state index < -0.39 is 21.0 Å². The second kappa shape index (κ2) is 3.68. The Hall–Kier alpha value is -0.880. The van der Waals surface area contributed by atoms with Crippen LogP contribution in [0.2, 0.25) is 0 Å². The Kier molecular flexibility index (Phi) is 3.41. The van der Waals surface area contributed by atoms with Gasteiger partial charge in [-0.15, -0.1) is 0 Å². The number of carbonyl (C=O) groups is 1. The van der Waals surface area contributed by atoms with E-state index in [0.717, 1.165) is 6.92 Å². The number of hydrogen-bond donors (Lipinski definition) is 2. The molecule has 5 nitrogen and oxygen atoms in total. The third-order valence-electron chi connectivity index (χ3n) is 1.37. The summed E-state index contributed by atoms with van der Waals surface area (Å²) in [5, 5.41) is 8.41. The summed E-state index contributed by atoms with van der Waals surface area (Å²) in [6.07, 6.45) is -0.0308. The van der Waals surface area contributed by atoms with Crippen molar-refractivity contribution in [1.29, 1.82) is 0 Å². The van der Waals surface area contributed by atoms with Gasteiger partial charge in [-0.25, -0.2) is 4.79 Å². The van der Waals surface area contributed by atoms with E-state index in [1.54, 1.807) is 0 Å². The van der Waals surface area contributed by atoms with E-state index in [2.05, 4.69) is 0 Å². The van der Waals surface area contributed by atoms with Gasteiger partial charge in [-0.2, -0.15) is 8.42 Å². The SMILES string of the molecule is CC/C(=C(/C)C(=O)O)S(=O)(=O)O. The lowest BCUT2D eigenvalue weighted by molar-refractivity contribution is -0.132. The van der Waals surface area contributed by atoms with Crippen LogP contribution in [0.15, 0.2) is 10.5 Å². The van der Waals surface area contributed by atoms with Crippen molar-refractivity contribution in [2.45, 2.75) is 20.3 Å². The molecule has 0 aliphatic heterocycles.